The van der Waals surface area contributed by atoms with Crippen LogP contribution in [0.5, 0.6) is 0 Å². The fourth-order valence-electron chi connectivity index (χ4n) is 2.01. The molecule has 0 fully saturated rings. The molecular formula is C15H20N2O3S. The Labute approximate surface area is 125 Å². The minimum Gasteiger partial charge on any atom is -0.447 e. The van der Waals surface area contributed by atoms with Crippen molar-refractivity contribution in [3.05, 3.63) is 53.3 Å². The summed E-state index contributed by atoms with van der Waals surface area (Å²) in [5.41, 5.74) is 2.53. The van der Waals surface area contributed by atoms with E-state index in [9.17, 15) is 8.42 Å². The predicted molar refractivity (Wildman–Crippen MR) is 81.5 cm³/mol. The molecule has 21 heavy (non-hydrogen) atoms. The molecule has 114 valence electrons. The van der Waals surface area contributed by atoms with E-state index in [1.165, 1.54) is 24.2 Å². The summed E-state index contributed by atoms with van der Waals surface area (Å²) in [5.74, 6) is 0.605. The lowest BCUT2D eigenvalue weighted by Crippen LogP contribution is -2.18. The van der Waals surface area contributed by atoms with Gasteiger partial charge in [0.15, 0.2) is 0 Å². The number of rotatable bonds is 7. The fourth-order valence-corrected chi connectivity index (χ4v) is 2.68. The third kappa shape index (κ3) is 4.42. The van der Waals surface area contributed by atoms with Gasteiger partial charge < -0.3 is 9.73 Å². The maximum Gasteiger partial charge on any atom is 0.273 e. The van der Waals surface area contributed by atoms with Crippen molar-refractivity contribution < 1.29 is 12.8 Å². The van der Waals surface area contributed by atoms with Gasteiger partial charge in [0.1, 0.15) is 5.76 Å². The first-order valence-corrected chi connectivity index (χ1v) is 8.28. The molecule has 0 spiro atoms. The fraction of sp³-hybridized carbons (Fsp3) is 0.333. The van der Waals surface area contributed by atoms with Crippen LogP contribution >= 0.6 is 0 Å². The van der Waals surface area contributed by atoms with Crippen LogP contribution in [-0.2, 0) is 23.0 Å². The molecule has 0 aliphatic rings. The van der Waals surface area contributed by atoms with Crippen LogP contribution in [0.15, 0.2) is 45.9 Å². The Kier molecular flexibility index (Phi) is 5.17. The topological polar surface area (TPSA) is 71.3 Å². The highest BCUT2D eigenvalue weighted by molar-refractivity contribution is 7.89. The number of nitrogens with one attached hydrogen (secondary N) is 2. The van der Waals surface area contributed by atoms with Crippen LogP contribution in [0.3, 0.4) is 0 Å². The van der Waals surface area contributed by atoms with E-state index in [1.807, 2.05) is 6.07 Å². The van der Waals surface area contributed by atoms with Gasteiger partial charge in [-0.25, -0.2) is 13.1 Å². The van der Waals surface area contributed by atoms with Gasteiger partial charge in [0.25, 0.3) is 10.0 Å². The van der Waals surface area contributed by atoms with Crippen molar-refractivity contribution in [3.8, 4) is 0 Å². The maximum atomic E-state index is 11.5. The second kappa shape index (κ2) is 6.89. The molecule has 1 aromatic carbocycles. The van der Waals surface area contributed by atoms with Crippen LogP contribution in [0.4, 0.5) is 0 Å². The van der Waals surface area contributed by atoms with E-state index in [2.05, 4.69) is 35.2 Å². The Balaban J connectivity index is 1.82. The number of benzene rings is 1. The Morgan fingerprint density at radius 1 is 1.19 bits per heavy atom. The number of aryl methyl sites for hydroxylation is 1. The number of furan rings is 1. The summed E-state index contributed by atoms with van der Waals surface area (Å²) in [4.78, 5) is 0. The van der Waals surface area contributed by atoms with E-state index in [-0.39, 0.29) is 5.09 Å². The molecule has 6 heteroatoms. The second-order valence-corrected chi connectivity index (χ2v) is 6.66. The van der Waals surface area contributed by atoms with Gasteiger partial charge in [-0.15, -0.1) is 0 Å². The first-order valence-electron chi connectivity index (χ1n) is 6.80. The van der Waals surface area contributed by atoms with Crippen molar-refractivity contribution in [2.24, 2.45) is 0 Å². The molecule has 0 aliphatic carbocycles. The summed E-state index contributed by atoms with van der Waals surface area (Å²) in [6, 6.07) is 11.5. The first-order chi connectivity index (χ1) is 10.0. The van der Waals surface area contributed by atoms with Gasteiger partial charge in [-0.2, -0.15) is 0 Å². The summed E-state index contributed by atoms with van der Waals surface area (Å²) < 4.78 is 30.6. The van der Waals surface area contributed by atoms with Crippen molar-refractivity contribution >= 4 is 10.0 Å². The molecule has 0 saturated heterocycles. The third-order valence-electron chi connectivity index (χ3n) is 3.14. The minimum absolute atomic E-state index is 0.0551. The van der Waals surface area contributed by atoms with Gasteiger partial charge in [0, 0.05) is 0 Å². The monoisotopic (exact) mass is 308 g/mol. The van der Waals surface area contributed by atoms with E-state index in [4.69, 9.17) is 4.42 Å². The molecular weight excluding hydrogens is 288 g/mol. The minimum atomic E-state index is -3.50. The smallest absolute Gasteiger partial charge is 0.273 e. The molecule has 0 radical (unpaired) electrons. The standard InChI is InChI=1S/C15H20N2O3S/c1-12-4-3-5-13(10-12)8-9-17-11-14-6-7-15(20-14)21(18,19)16-2/h3-7,10,16-17H,8-9,11H2,1-2H3. The quantitative estimate of drug-likeness (QED) is 0.766. The second-order valence-electron chi connectivity index (χ2n) is 4.84. The summed E-state index contributed by atoms with van der Waals surface area (Å²) in [6.45, 7) is 3.38. The van der Waals surface area contributed by atoms with Crippen LogP contribution in [0.25, 0.3) is 0 Å². The highest BCUT2D eigenvalue weighted by Crippen LogP contribution is 2.13. The SMILES string of the molecule is CNS(=O)(=O)c1ccc(CNCCc2cccc(C)c2)o1. The molecule has 1 heterocycles. The molecule has 0 aliphatic heterocycles. The summed E-state index contributed by atoms with van der Waals surface area (Å²) in [5, 5.41) is 3.19. The van der Waals surface area contributed by atoms with Crippen LogP contribution in [0.2, 0.25) is 0 Å². The third-order valence-corrected chi connectivity index (χ3v) is 4.43. The van der Waals surface area contributed by atoms with E-state index in [1.54, 1.807) is 6.07 Å². The zero-order chi connectivity index (χ0) is 15.3. The average Bonchev–Trinajstić information content (AvgIpc) is 2.93. The molecule has 0 unspecified atom stereocenters. The zero-order valence-electron chi connectivity index (χ0n) is 12.2. The van der Waals surface area contributed by atoms with Crippen molar-refractivity contribution in [2.45, 2.75) is 25.0 Å². The molecule has 1 aromatic heterocycles. The highest BCUT2D eigenvalue weighted by atomic mass is 32.2. The van der Waals surface area contributed by atoms with E-state index < -0.39 is 10.0 Å². The molecule has 0 bridgehead atoms. The van der Waals surface area contributed by atoms with Crippen molar-refractivity contribution in [1.82, 2.24) is 10.0 Å². The van der Waals surface area contributed by atoms with Crippen LogP contribution < -0.4 is 10.0 Å². The van der Waals surface area contributed by atoms with Crippen molar-refractivity contribution in [1.29, 1.82) is 0 Å². The Hall–Kier alpha value is -1.63. The Bertz CT molecular complexity index is 692. The van der Waals surface area contributed by atoms with E-state index in [0.717, 1.165) is 13.0 Å². The van der Waals surface area contributed by atoms with Gasteiger partial charge in [-0.05, 0) is 44.6 Å². The van der Waals surface area contributed by atoms with Crippen molar-refractivity contribution in [3.63, 3.8) is 0 Å². The summed E-state index contributed by atoms with van der Waals surface area (Å²) in [6.07, 6.45) is 0.921. The summed E-state index contributed by atoms with van der Waals surface area (Å²) in [7, 11) is -2.14. The molecule has 0 saturated carbocycles. The zero-order valence-corrected chi connectivity index (χ0v) is 13.0. The first kappa shape index (κ1) is 15.8. The van der Waals surface area contributed by atoms with Gasteiger partial charge in [0.05, 0.1) is 6.54 Å². The molecule has 2 rings (SSSR count). The van der Waals surface area contributed by atoms with Crippen molar-refractivity contribution in [2.75, 3.05) is 13.6 Å². The predicted octanol–water partition coefficient (Wildman–Crippen LogP) is 1.83. The lowest BCUT2D eigenvalue weighted by molar-refractivity contribution is 0.401. The van der Waals surface area contributed by atoms with E-state index in [0.29, 0.717) is 12.3 Å². The van der Waals surface area contributed by atoms with Crippen LogP contribution in [0, 0.1) is 6.92 Å². The molecule has 0 amide bonds. The Morgan fingerprint density at radius 2 is 2.00 bits per heavy atom. The largest absolute Gasteiger partial charge is 0.447 e. The maximum absolute atomic E-state index is 11.5. The Morgan fingerprint density at radius 3 is 2.71 bits per heavy atom. The van der Waals surface area contributed by atoms with Gasteiger partial charge in [0.2, 0.25) is 5.09 Å². The number of hydrogen-bond acceptors (Lipinski definition) is 4. The normalized spacial score (nSPS) is 11.7. The molecule has 0 atom stereocenters. The lowest BCUT2D eigenvalue weighted by Gasteiger charge is -2.04. The number of sulfonamides is 1. The summed E-state index contributed by atoms with van der Waals surface area (Å²) >= 11 is 0. The van der Waals surface area contributed by atoms with Crippen LogP contribution in [-0.4, -0.2) is 22.0 Å². The number of hydrogen-bond donors (Lipinski definition) is 2. The van der Waals surface area contributed by atoms with Gasteiger partial charge in [-0.3, -0.25) is 0 Å². The van der Waals surface area contributed by atoms with E-state index >= 15 is 0 Å². The highest BCUT2D eigenvalue weighted by Gasteiger charge is 2.15. The molecule has 2 N–H and O–H groups in total. The van der Waals surface area contributed by atoms with Gasteiger partial charge >= 0.3 is 0 Å². The lowest BCUT2D eigenvalue weighted by atomic mass is 10.1. The van der Waals surface area contributed by atoms with Gasteiger partial charge in [-0.1, -0.05) is 29.8 Å². The molecule has 5 nitrogen and oxygen atoms in total. The molecule has 2 aromatic rings. The average molecular weight is 308 g/mol. The van der Waals surface area contributed by atoms with Crippen LogP contribution in [0.1, 0.15) is 16.9 Å².